The van der Waals surface area contributed by atoms with Crippen LogP contribution in [-0.2, 0) is 14.8 Å². The molecule has 1 heterocycles. The summed E-state index contributed by atoms with van der Waals surface area (Å²) in [5, 5.41) is 0. The summed E-state index contributed by atoms with van der Waals surface area (Å²) in [6, 6.07) is 2.17. The Balaban J connectivity index is 2.04. The molecule has 0 saturated carbocycles. The Kier molecular flexibility index (Phi) is 5.92. The van der Waals surface area contributed by atoms with Crippen LogP contribution in [0.3, 0.4) is 0 Å². The summed E-state index contributed by atoms with van der Waals surface area (Å²) in [5.74, 6) is -2.31. The van der Waals surface area contributed by atoms with Crippen molar-refractivity contribution in [1.82, 2.24) is 9.21 Å². The van der Waals surface area contributed by atoms with Gasteiger partial charge in [0.15, 0.2) is 11.6 Å². The molecule has 1 aromatic rings. The molecule has 0 atom stereocenters. The van der Waals surface area contributed by atoms with Gasteiger partial charge in [-0.1, -0.05) is 0 Å². The van der Waals surface area contributed by atoms with Crippen molar-refractivity contribution in [3.05, 3.63) is 29.8 Å². The van der Waals surface area contributed by atoms with Crippen LogP contribution in [0, 0.1) is 11.6 Å². The van der Waals surface area contributed by atoms with Gasteiger partial charge in [-0.25, -0.2) is 22.0 Å². The monoisotopic (exact) mass is 390 g/mol. The SMILES string of the molecule is CN(C1CCN(C(=O)OC(C)(C)C)CC1)S(=O)(=O)c1ccc(F)c(F)c1. The molecule has 1 saturated heterocycles. The van der Waals surface area contributed by atoms with E-state index in [0.717, 1.165) is 16.4 Å². The van der Waals surface area contributed by atoms with Gasteiger partial charge in [0.05, 0.1) is 4.90 Å². The van der Waals surface area contributed by atoms with Crippen molar-refractivity contribution in [2.45, 2.75) is 50.2 Å². The molecule has 0 radical (unpaired) electrons. The lowest BCUT2D eigenvalue weighted by molar-refractivity contribution is 0.0183. The Morgan fingerprint density at radius 3 is 2.27 bits per heavy atom. The summed E-state index contributed by atoms with van der Waals surface area (Å²) in [6.07, 6.45) is 0.430. The van der Waals surface area contributed by atoms with Crippen LogP contribution in [0.25, 0.3) is 0 Å². The number of likely N-dealkylation sites (tertiary alicyclic amines) is 1. The topological polar surface area (TPSA) is 66.9 Å². The van der Waals surface area contributed by atoms with Gasteiger partial charge in [0.25, 0.3) is 0 Å². The zero-order valence-corrected chi connectivity index (χ0v) is 16.1. The van der Waals surface area contributed by atoms with Gasteiger partial charge in [0, 0.05) is 26.2 Å². The van der Waals surface area contributed by atoms with Crippen molar-refractivity contribution in [2.24, 2.45) is 0 Å². The fourth-order valence-corrected chi connectivity index (χ4v) is 4.17. The largest absolute Gasteiger partial charge is 0.444 e. The number of hydrogen-bond donors (Lipinski definition) is 0. The molecule has 0 aliphatic carbocycles. The molecule has 1 aromatic carbocycles. The maximum atomic E-state index is 13.4. The van der Waals surface area contributed by atoms with Gasteiger partial charge in [-0.15, -0.1) is 0 Å². The third-order valence-corrected chi connectivity index (χ3v) is 6.10. The van der Waals surface area contributed by atoms with Gasteiger partial charge < -0.3 is 9.64 Å². The lowest BCUT2D eigenvalue weighted by atomic mass is 10.1. The minimum atomic E-state index is -3.95. The summed E-state index contributed by atoms with van der Waals surface area (Å²) in [5.41, 5.74) is -0.597. The molecule has 6 nitrogen and oxygen atoms in total. The first-order chi connectivity index (χ1) is 11.9. The van der Waals surface area contributed by atoms with Crippen molar-refractivity contribution < 1.29 is 26.7 Å². The number of piperidine rings is 1. The average Bonchev–Trinajstić information content (AvgIpc) is 2.55. The highest BCUT2D eigenvalue weighted by Gasteiger charge is 2.33. The van der Waals surface area contributed by atoms with Gasteiger partial charge in [-0.2, -0.15) is 4.31 Å². The lowest BCUT2D eigenvalue weighted by Gasteiger charge is -2.36. The van der Waals surface area contributed by atoms with Crippen molar-refractivity contribution in [1.29, 1.82) is 0 Å². The molecule has 1 amide bonds. The minimum absolute atomic E-state index is 0.298. The summed E-state index contributed by atoms with van der Waals surface area (Å²) in [7, 11) is -2.55. The van der Waals surface area contributed by atoms with Crippen LogP contribution < -0.4 is 0 Å². The van der Waals surface area contributed by atoms with E-state index in [1.54, 1.807) is 25.7 Å². The van der Waals surface area contributed by atoms with Crippen molar-refractivity contribution >= 4 is 16.1 Å². The van der Waals surface area contributed by atoms with Crippen LogP contribution in [0.4, 0.5) is 13.6 Å². The van der Waals surface area contributed by atoms with Gasteiger partial charge in [-0.3, -0.25) is 0 Å². The second-order valence-corrected chi connectivity index (χ2v) is 9.29. The number of ether oxygens (including phenoxy) is 1. The summed E-state index contributed by atoms with van der Waals surface area (Å²) in [6.45, 7) is 6.05. The molecule has 0 bridgehead atoms. The van der Waals surface area contributed by atoms with Crippen LogP contribution >= 0.6 is 0 Å². The summed E-state index contributed by atoms with van der Waals surface area (Å²) < 4.78 is 58.2. The van der Waals surface area contributed by atoms with E-state index in [1.807, 2.05) is 0 Å². The van der Waals surface area contributed by atoms with E-state index in [1.165, 1.54) is 7.05 Å². The van der Waals surface area contributed by atoms with Gasteiger partial charge in [-0.05, 0) is 51.8 Å². The van der Waals surface area contributed by atoms with E-state index in [9.17, 15) is 22.0 Å². The Bertz CT molecular complexity index is 769. The number of carbonyl (C=O) groups excluding carboxylic acids is 1. The Morgan fingerprint density at radius 1 is 1.19 bits per heavy atom. The molecule has 0 aromatic heterocycles. The molecule has 1 fully saturated rings. The molecule has 0 unspecified atom stereocenters. The summed E-state index contributed by atoms with van der Waals surface area (Å²) >= 11 is 0. The van der Waals surface area contributed by atoms with E-state index in [-0.39, 0.29) is 10.9 Å². The van der Waals surface area contributed by atoms with E-state index in [4.69, 9.17) is 4.74 Å². The van der Waals surface area contributed by atoms with E-state index < -0.39 is 33.4 Å². The lowest BCUT2D eigenvalue weighted by Crippen LogP contribution is -2.48. The molecule has 1 aliphatic rings. The molecule has 146 valence electrons. The number of carbonyl (C=O) groups is 1. The summed E-state index contributed by atoms with van der Waals surface area (Å²) in [4.78, 5) is 13.3. The van der Waals surface area contributed by atoms with Crippen LogP contribution in [0.15, 0.2) is 23.1 Å². The minimum Gasteiger partial charge on any atom is -0.444 e. The Morgan fingerprint density at radius 2 is 1.77 bits per heavy atom. The number of sulfonamides is 1. The average molecular weight is 390 g/mol. The zero-order chi connectivity index (χ0) is 19.7. The molecule has 0 spiro atoms. The van der Waals surface area contributed by atoms with Crippen molar-refractivity contribution in [3.8, 4) is 0 Å². The third-order valence-electron chi connectivity index (χ3n) is 4.20. The fourth-order valence-electron chi connectivity index (χ4n) is 2.74. The number of nitrogens with zero attached hydrogens (tertiary/aromatic N) is 2. The highest BCUT2D eigenvalue weighted by molar-refractivity contribution is 7.89. The highest BCUT2D eigenvalue weighted by Crippen LogP contribution is 2.24. The second kappa shape index (κ2) is 7.48. The molecule has 1 aliphatic heterocycles. The number of rotatable bonds is 3. The van der Waals surface area contributed by atoms with E-state index >= 15 is 0 Å². The van der Waals surface area contributed by atoms with E-state index in [2.05, 4.69) is 0 Å². The first-order valence-corrected chi connectivity index (χ1v) is 9.77. The predicted octanol–water partition coefficient (Wildman–Crippen LogP) is 2.98. The van der Waals surface area contributed by atoms with Crippen molar-refractivity contribution in [3.63, 3.8) is 0 Å². The highest BCUT2D eigenvalue weighted by atomic mass is 32.2. The van der Waals surface area contributed by atoms with Crippen LogP contribution in [0.5, 0.6) is 0 Å². The zero-order valence-electron chi connectivity index (χ0n) is 15.3. The quantitative estimate of drug-likeness (QED) is 0.796. The predicted molar refractivity (Wildman–Crippen MR) is 92.1 cm³/mol. The molecule has 2 rings (SSSR count). The van der Waals surface area contributed by atoms with Crippen LogP contribution in [0.1, 0.15) is 33.6 Å². The molecule has 9 heteroatoms. The number of halogens is 2. The smallest absolute Gasteiger partial charge is 0.410 e. The second-order valence-electron chi connectivity index (χ2n) is 7.30. The first kappa shape index (κ1) is 20.6. The van der Waals surface area contributed by atoms with Gasteiger partial charge in [0.1, 0.15) is 5.60 Å². The molecular weight excluding hydrogens is 366 g/mol. The normalized spacial score (nSPS) is 16.8. The van der Waals surface area contributed by atoms with Crippen molar-refractivity contribution in [2.75, 3.05) is 20.1 Å². The Labute approximate surface area is 152 Å². The third kappa shape index (κ3) is 4.70. The van der Waals surface area contributed by atoms with Gasteiger partial charge >= 0.3 is 6.09 Å². The number of benzene rings is 1. The molecule has 0 N–H and O–H groups in total. The maximum absolute atomic E-state index is 13.4. The standard InChI is InChI=1S/C17H24F2N2O4S/c1-17(2,3)25-16(22)21-9-7-12(8-10-21)20(4)26(23,24)13-5-6-14(18)15(19)11-13/h5-6,11-12H,7-10H2,1-4H3. The van der Waals surface area contributed by atoms with Gasteiger partial charge in [0.2, 0.25) is 10.0 Å². The molecular formula is C17H24F2N2O4S. The maximum Gasteiger partial charge on any atom is 0.410 e. The first-order valence-electron chi connectivity index (χ1n) is 8.33. The molecule has 26 heavy (non-hydrogen) atoms. The number of hydrogen-bond acceptors (Lipinski definition) is 4. The fraction of sp³-hybridized carbons (Fsp3) is 0.588. The number of amides is 1. The van der Waals surface area contributed by atoms with Crippen LogP contribution in [0.2, 0.25) is 0 Å². The van der Waals surface area contributed by atoms with Crippen LogP contribution in [-0.4, -0.2) is 55.5 Å². The van der Waals surface area contributed by atoms with E-state index in [0.29, 0.717) is 32.0 Å². The Hall–Kier alpha value is -1.74.